The summed E-state index contributed by atoms with van der Waals surface area (Å²) in [4.78, 5) is 18.3. The Morgan fingerprint density at radius 2 is 1.89 bits per heavy atom. The summed E-state index contributed by atoms with van der Waals surface area (Å²) in [5.74, 6) is 4.76. The van der Waals surface area contributed by atoms with E-state index in [1.165, 1.54) is 11.1 Å². The highest BCUT2D eigenvalue weighted by Gasteiger charge is 2.50. The summed E-state index contributed by atoms with van der Waals surface area (Å²) in [6, 6.07) is 16.6. The topological polar surface area (TPSA) is 76.8 Å². The van der Waals surface area contributed by atoms with Crippen LogP contribution < -0.4 is 16.3 Å². The molecule has 0 bridgehead atoms. The fraction of sp³-hybridized carbons (Fsp3) is 0.318. The van der Waals surface area contributed by atoms with Gasteiger partial charge in [-0.1, -0.05) is 54.6 Å². The molecule has 4 rings (SSSR count). The number of hydrazine groups is 1. The molecule has 0 spiro atoms. The minimum Gasteiger partial charge on any atom is -0.376 e. The summed E-state index contributed by atoms with van der Waals surface area (Å²) >= 11 is 0. The van der Waals surface area contributed by atoms with Crippen LogP contribution in [-0.2, 0) is 20.8 Å². The lowest BCUT2D eigenvalue weighted by Crippen LogP contribution is -2.54. The first-order valence-corrected chi connectivity index (χ1v) is 9.39. The minimum atomic E-state index is -0.477. The maximum Gasteiger partial charge on any atom is 0.242 e. The first-order valence-electron chi connectivity index (χ1n) is 9.39. The van der Waals surface area contributed by atoms with Crippen LogP contribution in [0.1, 0.15) is 22.6 Å². The highest BCUT2D eigenvalue weighted by molar-refractivity contribution is 5.82. The molecule has 0 fully saturated rings. The van der Waals surface area contributed by atoms with E-state index in [0.29, 0.717) is 0 Å². The number of nitrogens with two attached hydrogens (primary N) is 1. The third kappa shape index (κ3) is 3.09. The van der Waals surface area contributed by atoms with Crippen molar-refractivity contribution in [2.75, 3.05) is 19.3 Å². The zero-order chi connectivity index (χ0) is 19.7. The van der Waals surface area contributed by atoms with Crippen LogP contribution in [0.15, 0.2) is 60.7 Å². The van der Waals surface area contributed by atoms with Crippen molar-refractivity contribution in [3.05, 3.63) is 77.4 Å². The number of carbonyl (C=O) groups excluding carboxylic acids is 1. The number of nitrogens with zero attached hydrogens (tertiary/aromatic N) is 1. The predicted molar refractivity (Wildman–Crippen MR) is 107 cm³/mol. The van der Waals surface area contributed by atoms with Gasteiger partial charge in [-0.25, -0.2) is 10.9 Å². The highest BCUT2D eigenvalue weighted by atomic mass is 16.7. The number of hydroxylamine groups is 1. The number of ether oxygens (including phenoxy) is 1. The van der Waals surface area contributed by atoms with Crippen molar-refractivity contribution < 1.29 is 14.4 Å². The molecule has 6 heteroatoms. The van der Waals surface area contributed by atoms with E-state index in [0.717, 1.165) is 17.7 Å². The van der Waals surface area contributed by atoms with Gasteiger partial charge in [0.25, 0.3) is 0 Å². The van der Waals surface area contributed by atoms with E-state index in [4.69, 9.17) is 15.4 Å². The Morgan fingerprint density at radius 3 is 2.57 bits per heavy atom. The van der Waals surface area contributed by atoms with Crippen molar-refractivity contribution in [3.8, 4) is 0 Å². The van der Waals surface area contributed by atoms with Gasteiger partial charge in [0.2, 0.25) is 5.91 Å². The van der Waals surface area contributed by atoms with E-state index in [1.54, 1.807) is 14.2 Å². The number of methoxy groups -OCH3 is 1. The summed E-state index contributed by atoms with van der Waals surface area (Å²) in [7, 11) is 3.23. The second-order valence-electron chi connectivity index (χ2n) is 7.20. The average Bonchev–Trinajstić information content (AvgIpc) is 3.06. The standard InChI is InChI=1S/C22H25N3O3/c1-27-19-11-9-16-17-13-15(12-14-6-4-3-5-7-14)8-10-18(17)25(28-2)21(16)20(19)22(26)24-23/h3-11,13,16,19-21H,12,23H2,1-2H3,(H,24,26). The van der Waals surface area contributed by atoms with Gasteiger partial charge in [-0.2, -0.15) is 0 Å². The molecular weight excluding hydrogens is 354 g/mol. The monoisotopic (exact) mass is 379 g/mol. The minimum absolute atomic E-state index is 0.0272. The summed E-state index contributed by atoms with van der Waals surface area (Å²) in [6.45, 7) is 0. The van der Waals surface area contributed by atoms with Crippen LogP contribution in [0.3, 0.4) is 0 Å². The molecule has 1 aliphatic heterocycles. The van der Waals surface area contributed by atoms with E-state index in [2.05, 4.69) is 54.0 Å². The normalized spacial score (nSPS) is 25.3. The van der Waals surface area contributed by atoms with E-state index < -0.39 is 5.92 Å². The SMILES string of the molecule is COC1C=CC2c3cc(Cc4ccccc4)ccc3N(OC)C2C1C(=O)NN. The second kappa shape index (κ2) is 7.75. The highest BCUT2D eigenvalue weighted by Crippen LogP contribution is 2.48. The number of nitrogens with one attached hydrogen (secondary N) is 1. The molecule has 1 heterocycles. The number of benzene rings is 2. The molecule has 2 aliphatic rings. The summed E-state index contributed by atoms with van der Waals surface area (Å²) in [5.41, 5.74) is 6.91. The first kappa shape index (κ1) is 18.7. The Balaban J connectivity index is 1.72. The number of rotatable bonds is 5. The quantitative estimate of drug-likeness (QED) is 0.361. The van der Waals surface area contributed by atoms with Crippen molar-refractivity contribution in [2.24, 2.45) is 11.8 Å². The summed E-state index contributed by atoms with van der Waals surface area (Å²) in [5, 5.41) is 1.82. The lowest BCUT2D eigenvalue weighted by atomic mass is 9.78. The Kier molecular flexibility index (Phi) is 5.17. The van der Waals surface area contributed by atoms with Gasteiger partial charge in [-0.05, 0) is 29.2 Å². The fourth-order valence-corrected chi connectivity index (χ4v) is 4.48. The fourth-order valence-electron chi connectivity index (χ4n) is 4.48. The Morgan fingerprint density at radius 1 is 1.11 bits per heavy atom. The molecule has 4 unspecified atom stereocenters. The largest absolute Gasteiger partial charge is 0.376 e. The smallest absolute Gasteiger partial charge is 0.242 e. The molecule has 0 aromatic heterocycles. The van der Waals surface area contributed by atoms with Gasteiger partial charge in [0.1, 0.15) is 0 Å². The van der Waals surface area contributed by atoms with Crippen molar-refractivity contribution in [3.63, 3.8) is 0 Å². The van der Waals surface area contributed by atoms with Gasteiger partial charge in [-0.3, -0.25) is 15.1 Å². The van der Waals surface area contributed by atoms with E-state index in [9.17, 15) is 4.79 Å². The van der Waals surface area contributed by atoms with Gasteiger partial charge in [0.15, 0.2) is 0 Å². The van der Waals surface area contributed by atoms with Crippen molar-refractivity contribution in [1.82, 2.24) is 5.43 Å². The third-order valence-corrected chi connectivity index (χ3v) is 5.72. The van der Waals surface area contributed by atoms with Crippen molar-refractivity contribution in [2.45, 2.75) is 24.5 Å². The van der Waals surface area contributed by atoms with Crippen molar-refractivity contribution >= 4 is 11.6 Å². The number of hydrogen-bond acceptors (Lipinski definition) is 5. The zero-order valence-corrected chi connectivity index (χ0v) is 16.0. The number of hydrogen-bond donors (Lipinski definition) is 2. The summed E-state index contributed by atoms with van der Waals surface area (Å²) in [6.07, 6.45) is 4.56. The van der Waals surface area contributed by atoms with Crippen LogP contribution in [0.25, 0.3) is 0 Å². The Bertz CT molecular complexity index is 884. The molecule has 2 aromatic carbocycles. The molecule has 0 radical (unpaired) electrons. The first-order chi connectivity index (χ1) is 13.7. The molecule has 2 aromatic rings. The van der Waals surface area contributed by atoms with Crippen LogP contribution in [0, 0.1) is 5.92 Å². The van der Waals surface area contributed by atoms with Gasteiger partial charge >= 0.3 is 0 Å². The molecule has 0 saturated carbocycles. The maximum atomic E-state index is 12.6. The van der Waals surface area contributed by atoms with Gasteiger partial charge in [-0.15, -0.1) is 0 Å². The van der Waals surface area contributed by atoms with Gasteiger partial charge < -0.3 is 4.74 Å². The Labute approximate surface area is 164 Å². The number of carbonyl (C=O) groups is 1. The molecule has 4 atom stereocenters. The predicted octanol–water partition coefficient (Wildman–Crippen LogP) is 2.30. The van der Waals surface area contributed by atoms with Crippen LogP contribution in [0.5, 0.6) is 0 Å². The second-order valence-corrected chi connectivity index (χ2v) is 7.20. The molecule has 3 N–H and O–H groups in total. The van der Waals surface area contributed by atoms with Crippen molar-refractivity contribution in [1.29, 1.82) is 0 Å². The number of amides is 1. The Hall–Kier alpha value is -2.67. The molecule has 0 saturated heterocycles. The third-order valence-electron chi connectivity index (χ3n) is 5.72. The summed E-state index contributed by atoms with van der Waals surface area (Å²) < 4.78 is 5.54. The molecular formula is C22H25N3O3. The van der Waals surface area contributed by atoms with Crippen LogP contribution in [0.2, 0.25) is 0 Å². The molecule has 28 heavy (non-hydrogen) atoms. The molecule has 6 nitrogen and oxygen atoms in total. The lowest BCUT2D eigenvalue weighted by molar-refractivity contribution is -0.130. The molecule has 146 valence electrons. The van der Waals surface area contributed by atoms with Crippen LogP contribution in [-0.4, -0.2) is 32.3 Å². The molecule has 1 aliphatic carbocycles. The average molecular weight is 379 g/mol. The zero-order valence-electron chi connectivity index (χ0n) is 16.0. The van der Waals surface area contributed by atoms with E-state index in [1.807, 2.05) is 17.2 Å². The number of fused-ring (bicyclic) bond motifs is 3. The lowest BCUT2D eigenvalue weighted by Gasteiger charge is -2.38. The van der Waals surface area contributed by atoms with E-state index in [-0.39, 0.29) is 24.0 Å². The van der Waals surface area contributed by atoms with E-state index >= 15 is 0 Å². The van der Waals surface area contributed by atoms with Gasteiger partial charge in [0.05, 0.1) is 30.9 Å². The van der Waals surface area contributed by atoms with Crippen LogP contribution in [0.4, 0.5) is 5.69 Å². The van der Waals surface area contributed by atoms with Gasteiger partial charge in [0, 0.05) is 13.0 Å². The van der Waals surface area contributed by atoms with Crippen LogP contribution >= 0.6 is 0 Å². The number of anilines is 1. The molecule has 1 amide bonds. The maximum absolute atomic E-state index is 12.6.